The number of thiophene rings is 1. The molecule has 0 saturated carbocycles. The Kier molecular flexibility index (Phi) is 12.1. The fourth-order valence-corrected chi connectivity index (χ4v) is 8.42. The number of carbonyl (C=O) groups excluding carboxylic acids is 1. The first-order valence-corrected chi connectivity index (χ1v) is 18.2. The van der Waals surface area contributed by atoms with E-state index in [9.17, 15) is 9.90 Å². The molecule has 0 spiro atoms. The Labute approximate surface area is 310 Å². The summed E-state index contributed by atoms with van der Waals surface area (Å²) in [4.78, 5) is 27.5. The fourth-order valence-electron chi connectivity index (χ4n) is 6.97. The van der Waals surface area contributed by atoms with Gasteiger partial charge in [-0.1, -0.05) is 109 Å². The van der Waals surface area contributed by atoms with Crippen LogP contribution in [0.15, 0.2) is 60.6 Å². The number of pyridine rings is 1. The summed E-state index contributed by atoms with van der Waals surface area (Å²) < 4.78 is 1.14. The summed E-state index contributed by atoms with van der Waals surface area (Å²) >= 11 is 1.81. The van der Waals surface area contributed by atoms with Gasteiger partial charge in [0.2, 0.25) is 0 Å². The number of benzene rings is 2. The number of aromatic nitrogens is 3. The van der Waals surface area contributed by atoms with Crippen LogP contribution < -0.4 is 0 Å². The molecule has 0 saturated heterocycles. The van der Waals surface area contributed by atoms with Gasteiger partial charge in [0.1, 0.15) is 6.33 Å². The molecule has 3 heterocycles. The molecule has 0 atom stereocenters. The maximum atomic E-state index is 11.7. The van der Waals surface area contributed by atoms with Crippen LogP contribution in [0.1, 0.15) is 110 Å². The molecule has 1 aliphatic rings. The zero-order chi connectivity index (χ0) is 35.0. The number of aliphatic hydroxyl groups is 1. The zero-order valence-electron chi connectivity index (χ0n) is 30.6. The van der Waals surface area contributed by atoms with Crippen LogP contribution in [0.2, 0.25) is 0 Å². The molecule has 1 aliphatic carbocycles. The molecule has 261 valence electrons. The topological polar surface area (TPSA) is 76.0 Å². The maximum absolute atomic E-state index is 11.7. The maximum Gasteiger partial charge on any atom is 0.162 e. The largest absolute Gasteiger partial charge is 0.512 e. The van der Waals surface area contributed by atoms with Gasteiger partial charge in [-0.3, -0.25) is 14.8 Å². The second-order valence-electron chi connectivity index (χ2n) is 14.6. The number of ketones is 1. The number of nitrogens with zero attached hydrogens (tertiary/aromatic N) is 3. The molecular formula is C42H50IrN3O2S-. The SMILES string of the molecule is CCC(CC)C(=O)/C=C(\O)C(CC)CC.Cc1ccc2[c-]c(-c3ncnc4c5c(sc34)-c3ccccc3C5(C)C)cc(C(C)(C)C)c2n1.[Ir]. The Bertz CT molecular complexity index is 2000. The molecule has 5 aromatic rings. The van der Waals surface area contributed by atoms with Crippen LogP contribution >= 0.6 is 11.3 Å². The molecule has 0 fully saturated rings. The average Bonchev–Trinajstić information content (AvgIpc) is 3.55. The molecule has 6 rings (SSSR count). The van der Waals surface area contributed by atoms with Gasteiger partial charge in [-0.15, -0.1) is 29.5 Å². The molecule has 0 unspecified atom stereocenters. The molecule has 0 amide bonds. The molecule has 5 nitrogen and oxygen atoms in total. The van der Waals surface area contributed by atoms with E-state index in [1.165, 1.54) is 33.2 Å². The first-order valence-electron chi connectivity index (χ1n) is 17.4. The molecule has 49 heavy (non-hydrogen) atoms. The van der Waals surface area contributed by atoms with Gasteiger partial charge in [0.15, 0.2) is 5.78 Å². The summed E-state index contributed by atoms with van der Waals surface area (Å²) in [7, 11) is 0. The van der Waals surface area contributed by atoms with Gasteiger partial charge < -0.3 is 5.11 Å². The van der Waals surface area contributed by atoms with Crippen molar-refractivity contribution < 1.29 is 30.0 Å². The van der Waals surface area contributed by atoms with Gasteiger partial charge in [-0.05, 0) is 49.1 Å². The predicted molar refractivity (Wildman–Crippen MR) is 202 cm³/mol. The van der Waals surface area contributed by atoms with Crippen molar-refractivity contribution in [3.8, 4) is 21.7 Å². The van der Waals surface area contributed by atoms with Crippen LogP contribution in [0.4, 0.5) is 0 Å². The fraction of sp³-hybridized carbons (Fsp3) is 0.429. The minimum absolute atomic E-state index is 0. The average molecular weight is 853 g/mol. The van der Waals surface area contributed by atoms with Crippen LogP contribution in [-0.4, -0.2) is 25.8 Å². The van der Waals surface area contributed by atoms with Gasteiger partial charge in [0.05, 0.1) is 11.3 Å². The number of rotatable bonds is 8. The van der Waals surface area contributed by atoms with Crippen molar-refractivity contribution in [1.82, 2.24) is 15.0 Å². The number of hydrogen-bond acceptors (Lipinski definition) is 6. The third-order valence-corrected chi connectivity index (χ3v) is 11.2. The quantitative estimate of drug-likeness (QED) is 0.0956. The van der Waals surface area contributed by atoms with Crippen LogP contribution in [0.3, 0.4) is 0 Å². The van der Waals surface area contributed by atoms with Crippen molar-refractivity contribution in [2.24, 2.45) is 11.8 Å². The monoisotopic (exact) mass is 853 g/mol. The van der Waals surface area contributed by atoms with Crippen molar-refractivity contribution >= 4 is 38.2 Å². The van der Waals surface area contributed by atoms with Crippen molar-refractivity contribution in [2.45, 2.75) is 106 Å². The summed E-state index contributed by atoms with van der Waals surface area (Å²) in [6, 6.07) is 18.8. The summed E-state index contributed by atoms with van der Waals surface area (Å²) in [6.07, 6.45) is 6.62. The van der Waals surface area contributed by atoms with Gasteiger partial charge >= 0.3 is 0 Å². The van der Waals surface area contributed by atoms with Crippen LogP contribution in [0.25, 0.3) is 42.8 Å². The summed E-state index contributed by atoms with van der Waals surface area (Å²) in [6.45, 7) is 21.4. The summed E-state index contributed by atoms with van der Waals surface area (Å²) in [5, 5.41) is 10.8. The number of fused-ring (bicyclic) bond motifs is 6. The Morgan fingerprint density at radius 1 is 0.959 bits per heavy atom. The number of carbonyl (C=O) groups is 1. The van der Waals surface area contributed by atoms with E-state index in [1.807, 2.05) is 46.0 Å². The molecule has 0 bridgehead atoms. The van der Waals surface area contributed by atoms with E-state index < -0.39 is 0 Å². The van der Waals surface area contributed by atoms with Crippen LogP contribution in [0.5, 0.6) is 0 Å². The normalized spacial score (nSPS) is 13.7. The summed E-state index contributed by atoms with van der Waals surface area (Å²) in [5.41, 5.74) is 10.2. The van der Waals surface area contributed by atoms with Crippen molar-refractivity contribution in [3.63, 3.8) is 0 Å². The smallest absolute Gasteiger partial charge is 0.162 e. The number of allylic oxidation sites excluding steroid dienone is 2. The van der Waals surface area contributed by atoms with E-state index in [-0.39, 0.29) is 54.3 Å². The van der Waals surface area contributed by atoms with Crippen molar-refractivity contribution in [2.75, 3.05) is 0 Å². The predicted octanol–water partition coefficient (Wildman–Crippen LogP) is 11.5. The summed E-state index contributed by atoms with van der Waals surface area (Å²) in [5.74, 6) is 0.547. The molecule has 0 aliphatic heterocycles. The molecule has 7 heteroatoms. The molecule has 1 N–H and O–H groups in total. The number of hydrogen-bond donors (Lipinski definition) is 1. The Balaban J connectivity index is 0.000000290. The second-order valence-corrected chi connectivity index (χ2v) is 15.6. The van der Waals surface area contributed by atoms with Gasteiger partial charge in [0.25, 0.3) is 0 Å². The van der Waals surface area contributed by atoms with Crippen LogP contribution in [0, 0.1) is 24.8 Å². The van der Waals surface area contributed by atoms with E-state index in [2.05, 4.69) is 83.1 Å². The second kappa shape index (κ2) is 15.3. The third kappa shape index (κ3) is 7.45. The number of aryl methyl sites for hydroxylation is 1. The molecular weight excluding hydrogens is 803 g/mol. The van der Waals surface area contributed by atoms with Gasteiger partial charge in [-0.25, -0.2) is 4.98 Å². The Hall–Kier alpha value is -3.25. The van der Waals surface area contributed by atoms with Gasteiger partial charge in [0, 0.05) is 75.5 Å². The standard InChI is InChI=1S/C29H26N3S.C13H24O2.Ir/c1-16-11-12-17-13-18(14-21(23(17)32-16)28(2,3)4)24-27-25(31-15-30-24)22-26(33-27)19-9-7-8-10-20(19)29(22,5)6;1-5-10(6-2)12(14)9-13(15)11(7-3)8-4;/h7-12,14-15H,1-6H3;9-11,14H,5-8H2,1-4H3;/q-1;;/b;12-9-;. The Morgan fingerprint density at radius 2 is 1.61 bits per heavy atom. The first-order chi connectivity index (χ1) is 22.8. The Morgan fingerprint density at radius 3 is 2.24 bits per heavy atom. The van der Waals surface area contributed by atoms with E-state index in [4.69, 9.17) is 15.0 Å². The van der Waals surface area contributed by atoms with E-state index in [1.54, 1.807) is 6.33 Å². The third-order valence-electron chi connectivity index (χ3n) is 9.93. The molecule has 2 aromatic carbocycles. The van der Waals surface area contributed by atoms with Crippen molar-refractivity contribution in [1.29, 1.82) is 0 Å². The minimum Gasteiger partial charge on any atom is -0.512 e. The van der Waals surface area contributed by atoms with E-state index in [0.717, 1.165) is 63.8 Å². The minimum atomic E-state index is -0.0824. The van der Waals surface area contributed by atoms with E-state index in [0.29, 0.717) is 0 Å². The zero-order valence-corrected chi connectivity index (χ0v) is 33.8. The van der Waals surface area contributed by atoms with E-state index >= 15 is 0 Å². The molecule has 1 radical (unpaired) electrons. The molecule has 3 aromatic heterocycles. The van der Waals surface area contributed by atoms with Gasteiger partial charge in [-0.2, -0.15) is 0 Å². The first kappa shape index (κ1) is 38.5. The number of aliphatic hydroxyl groups excluding tert-OH is 1. The van der Waals surface area contributed by atoms with Crippen molar-refractivity contribution in [3.05, 3.63) is 89.1 Å². The van der Waals surface area contributed by atoms with Crippen LogP contribution in [-0.2, 0) is 35.7 Å².